The number of amides is 1. The van der Waals surface area contributed by atoms with Gasteiger partial charge >= 0.3 is 0 Å². The van der Waals surface area contributed by atoms with Crippen molar-refractivity contribution in [1.82, 2.24) is 30.3 Å². The molecule has 0 unspecified atom stereocenters. The Morgan fingerprint density at radius 1 is 1.43 bits per heavy atom. The second kappa shape index (κ2) is 6.51. The fourth-order valence-electron chi connectivity index (χ4n) is 2.38. The maximum Gasteiger partial charge on any atom is 0.225 e. The van der Waals surface area contributed by atoms with Gasteiger partial charge in [0.2, 0.25) is 5.91 Å². The van der Waals surface area contributed by atoms with E-state index in [2.05, 4.69) is 25.6 Å². The van der Waals surface area contributed by atoms with Crippen LogP contribution in [0.15, 0.2) is 6.33 Å². The highest BCUT2D eigenvalue weighted by atomic mass is 16.1. The number of rotatable bonds is 6. The van der Waals surface area contributed by atoms with Gasteiger partial charge in [-0.2, -0.15) is 10.2 Å². The molecule has 1 amide bonds. The first-order valence-corrected chi connectivity index (χ1v) is 7.24. The Morgan fingerprint density at radius 3 is 2.76 bits per heavy atom. The van der Waals surface area contributed by atoms with Crippen molar-refractivity contribution in [1.29, 1.82) is 0 Å². The molecule has 0 saturated carbocycles. The second-order valence-electron chi connectivity index (χ2n) is 5.05. The normalized spacial score (nSPS) is 12.4. The summed E-state index contributed by atoms with van der Waals surface area (Å²) < 4.78 is 1.81. The van der Waals surface area contributed by atoms with Crippen molar-refractivity contribution in [3.8, 4) is 0 Å². The average molecular weight is 290 g/mol. The maximum atomic E-state index is 12.3. The van der Waals surface area contributed by atoms with Crippen LogP contribution in [-0.2, 0) is 17.8 Å². The molecule has 2 heterocycles. The Balaban J connectivity index is 2.07. The summed E-state index contributed by atoms with van der Waals surface area (Å²) in [6, 6.07) is -0.118. The van der Waals surface area contributed by atoms with E-state index in [1.165, 1.54) is 6.33 Å². The van der Waals surface area contributed by atoms with Gasteiger partial charge in [0, 0.05) is 17.8 Å². The van der Waals surface area contributed by atoms with Gasteiger partial charge in [-0.25, -0.2) is 9.67 Å². The van der Waals surface area contributed by atoms with Crippen LogP contribution in [0.3, 0.4) is 0 Å². The molecule has 7 heteroatoms. The summed E-state index contributed by atoms with van der Waals surface area (Å²) in [5.74, 6) is 0.772. The van der Waals surface area contributed by atoms with Crippen LogP contribution in [-0.4, -0.2) is 30.9 Å². The number of carbonyl (C=O) groups is 1. The summed E-state index contributed by atoms with van der Waals surface area (Å²) in [6.45, 7) is 8.59. The first kappa shape index (κ1) is 15.2. The number of hydrogen-bond acceptors (Lipinski definition) is 4. The van der Waals surface area contributed by atoms with Crippen molar-refractivity contribution in [2.75, 3.05) is 0 Å². The molecule has 2 N–H and O–H groups in total. The minimum absolute atomic E-state index is 0.0277. The van der Waals surface area contributed by atoms with Crippen LogP contribution in [0, 0.1) is 13.8 Å². The third kappa shape index (κ3) is 3.29. The summed E-state index contributed by atoms with van der Waals surface area (Å²) in [5.41, 5.74) is 2.76. The minimum atomic E-state index is -0.118. The molecule has 0 spiro atoms. The Morgan fingerprint density at radius 2 is 2.19 bits per heavy atom. The average Bonchev–Trinajstić information content (AvgIpc) is 3.06. The van der Waals surface area contributed by atoms with E-state index in [0.29, 0.717) is 6.42 Å². The first-order chi connectivity index (χ1) is 10.1. The molecule has 0 bridgehead atoms. The van der Waals surface area contributed by atoms with E-state index in [1.54, 1.807) is 0 Å². The monoisotopic (exact) mass is 290 g/mol. The predicted octanol–water partition coefficient (Wildman–Crippen LogP) is 1.45. The molecule has 0 fully saturated rings. The molecule has 0 radical (unpaired) electrons. The SMILES string of the molecule is CC[C@H](NC(=O)Cc1c(C)n[nH]c1C)c1ncnn1CC. The van der Waals surface area contributed by atoms with Gasteiger partial charge in [-0.3, -0.25) is 9.89 Å². The maximum absolute atomic E-state index is 12.3. The molecular formula is C14H22N6O. The topological polar surface area (TPSA) is 88.5 Å². The molecule has 0 saturated heterocycles. The van der Waals surface area contributed by atoms with Gasteiger partial charge in [0.25, 0.3) is 0 Å². The number of aromatic amines is 1. The number of nitrogens with one attached hydrogen (secondary N) is 2. The van der Waals surface area contributed by atoms with E-state index in [9.17, 15) is 4.79 Å². The molecule has 0 aliphatic carbocycles. The number of aromatic nitrogens is 5. The van der Waals surface area contributed by atoms with Crippen molar-refractivity contribution in [2.24, 2.45) is 0 Å². The quantitative estimate of drug-likeness (QED) is 0.842. The van der Waals surface area contributed by atoms with E-state index < -0.39 is 0 Å². The summed E-state index contributed by atoms with van der Waals surface area (Å²) in [4.78, 5) is 16.5. The van der Waals surface area contributed by atoms with E-state index >= 15 is 0 Å². The number of aryl methyl sites for hydroxylation is 3. The van der Waals surface area contributed by atoms with Crippen molar-refractivity contribution in [3.05, 3.63) is 29.1 Å². The number of hydrogen-bond donors (Lipinski definition) is 2. The van der Waals surface area contributed by atoms with E-state index in [0.717, 1.165) is 35.7 Å². The zero-order valence-electron chi connectivity index (χ0n) is 13.0. The lowest BCUT2D eigenvalue weighted by Gasteiger charge is -2.17. The molecule has 0 aliphatic heterocycles. The van der Waals surface area contributed by atoms with Gasteiger partial charge in [-0.1, -0.05) is 6.92 Å². The number of nitrogens with zero attached hydrogens (tertiary/aromatic N) is 4. The van der Waals surface area contributed by atoms with Crippen LogP contribution in [0.25, 0.3) is 0 Å². The smallest absolute Gasteiger partial charge is 0.225 e. The van der Waals surface area contributed by atoms with E-state index in [4.69, 9.17) is 0 Å². The zero-order valence-corrected chi connectivity index (χ0v) is 13.0. The minimum Gasteiger partial charge on any atom is -0.346 e. The van der Waals surface area contributed by atoms with Crippen molar-refractivity contribution in [3.63, 3.8) is 0 Å². The molecule has 1 atom stereocenters. The van der Waals surface area contributed by atoms with Gasteiger partial charge < -0.3 is 5.32 Å². The lowest BCUT2D eigenvalue weighted by atomic mass is 10.1. The molecule has 0 aromatic carbocycles. The molecular weight excluding hydrogens is 268 g/mol. The molecule has 21 heavy (non-hydrogen) atoms. The highest BCUT2D eigenvalue weighted by molar-refractivity contribution is 5.79. The summed E-state index contributed by atoms with van der Waals surface area (Å²) in [7, 11) is 0. The van der Waals surface area contributed by atoms with Crippen molar-refractivity contribution in [2.45, 2.75) is 53.1 Å². The standard InChI is InChI=1S/C14H22N6O/c1-5-12(14-15-8-16-20(14)6-2)17-13(21)7-11-9(3)18-19-10(11)4/h8,12H,5-7H2,1-4H3,(H,17,21)(H,18,19)/t12-/m0/s1. The Hall–Kier alpha value is -2.18. The van der Waals surface area contributed by atoms with Gasteiger partial charge in [0.15, 0.2) is 0 Å². The molecule has 7 nitrogen and oxygen atoms in total. The molecule has 114 valence electrons. The summed E-state index contributed by atoms with van der Waals surface area (Å²) in [6.07, 6.45) is 2.62. The zero-order chi connectivity index (χ0) is 15.4. The molecule has 2 aromatic rings. The largest absolute Gasteiger partial charge is 0.346 e. The second-order valence-corrected chi connectivity index (χ2v) is 5.05. The Labute approximate surface area is 124 Å². The third-order valence-corrected chi connectivity index (χ3v) is 3.62. The van der Waals surface area contributed by atoms with Gasteiger partial charge in [-0.15, -0.1) is 0 Å². The number of carbonyl (C=O) groups excluding carboxylic acids is 1. The van der Waals surface area contributed by atoms with Crippen LogP contribution in [0.1, 0.15) is 49.1 Å². The van der Waals surface area contributed by atoms with Crippen LogP contribution < -0.4 is 5.32 Å². The predicted molar refractivity (Wildman–Crippen MR) is 78.6 cm³/mol. The molecule has 2 aromatic heterocycles. The first-order valence-electron chi connectivity index (χ1n) is 7.24. The van der Waals surface area contributed by atoms with Gasteiger partial charge in [0.1, 0.15) is 12.2 Å². The summed E-state index contributed by atoms with van der Waals surface area (Å²) in [5, 5.41) is 14.2. The van der Waals surface area contributed by atoms with Crippen LogP contribution >= 0.6 is 0 Å². The lowest BCUT2D eigenvalue weighted by Crippen LogP contribution is -2.31. The fourth-order valence-corrected chi connectivity index (χ4v) is 2.38. The highest BCUT2D eigenvalue weighted by Gasteiger charge is 2.19. The van der Waals surface area contributed by atoms with E-state index in [1.807, 2.05) is 32.4 Å². The van der Waals surface area contributed by atoms with Crippen LogP contribution in [0.2, 0.25) is 0 Å². The fraction of sp³-hybridized carbons (Fsp3) is 0.571. The number of H-pyrrole nitrogens is 1. The van der Waals surface area contributed by atoms with Crippen molar-refractivity contribution >= 4 is 5.91 Å². The van der Waals surface area contributed by atoms with Crippen LogP contribution in [0.5, 0.6) is 0 Å². The Kier molecular flexibility index (Phi) is 4.72. The molecule has 0 aliphatic rings. The van der Waals surface area contributed by atoms with Crippen molar-refractivity contribution < 1.29 is 4.79 Å². The van der Waals surface area contributed by atoms with Gasteiger partial charge in [0.05, 0.1) is 18.2 Å². The molecule has 2 rings (SSSR count). The van der Waals surface area contributed by atoms with Gasteiger partial charge in [-0.05, 0) is 27.2 Å². The third-order valence-electron chi connectivity index (χ3n) is 3.62. The van der Waals surface area contributed by atoms with E-state index in [-0.39, 0.29) is 11.9 Å². The Bertz CT molecular complexity index is 595. The highest BCUT2D eigenvalue weighted by Crippen LogP contribution is 2.15. The van der Waals surface area contributed by atoms with Crippen LogP contribution in [0.4, 0.5) is 0 Å². The summed E-state index contributed by atoms with van der Waals surface area (Å²) >= 11 is 0. The lowest BCUT2D eigenvalue weighted by molar-refractivity contribution is -0.121.